The van der Waals surface area contributed by atoms with E-state index in [1.165, 1.54) is 17.7 Å². The van der Waals surface area contributed by atoms with Crippen molar-refractivity contribution in [3.63, 3.8) is 0 Å². The SMILES string of the molecule is CC1=C(N(C)C)CC(C)(C(C)C)C=C1. The summed E-state index contributed by atoms with van der Waals surface area (Å²) in [5.41, 5.74) is 3.22. The van der Waals surface area contributed by atoms with Gasteiger partial charge in [-0.2, -0.15) is 0 Å². The highest BCUT2D eigenvalue weighted by Crippen LogP contribution is 2.40. The molecule has 0 N–H and O–H groups in total. The van der Waals surface area contributed by atoms with Crippen molar-refractivity contribution in [3.05, 3.63) is 23.4 Å². The predicted octanol–water partition coefficient (Wildman–Crippen LogP) is 3.44. The van der Waals surface area contributed by atoms with Gasteiger partial charge in [0.2, 0.25) is 0 Å². The van der Waals surface area contributed by atoms with Crippen LogP contribution in [0.3, 0.4) is 0 Å². The fourth-order valence-electron chi connectivity index (χ4n) is 1.88. The molecule has 1 heteroatoms. The lowest BCUT2D eigenvalue weighted by Crippen LogP contribution is -2.28. The maximum absolute atomic E-state index is 2.38. The Balaban J connectivity index is 2.95. The van der Waals surface area contributed by atoms with Crippen molar-refractivity contribution in [3.8, 4) is 0 Å². The summed E-state index contributed by atoms with van der Waals surface area (Å²) < 4.78 is 0. The molecule has 0 amide bonds. The third kappa shape index (κ3) is 2.02. The Kier molecular flexibility index (Phi) is 3.08. The first kappa shape index (κ1) is 11.4. The molecule has 80 valence electrons. The first-order valence-corrected chi connectivity index (χ1v) is 5.43. The summed E-state index contributed by atoms with van der Waals surface area (Å²) in [6.07, 6.45) is 5.82. The van der Waals surface area contributed by atoms with E-state index in [2.05, 4.69) is 58.8 Å². The van der Waals surface area contributed by atoms with Crippen LogP contribution in [0.1, 0.15) is 34.1 Å². The molecule has 0 aromatic heterocycles. The maximum Gasteiger partial charge on any atom is 0.0166 e. The molecule has 1 atom stereocenters. The van der Waals surface area contributed by atoms with Crippen LogP contribution < -0.4 is 0 Å². The summed E-state index contributed by atoms with van der Waals surface area (Å²) >= 11 is 0. The zero-order chi connectivity index (χ0) is 10.9. The predicted molar refractivity (Wildman–Crippen MR) is 63.1 cm³/mol. The van der Waals surface area contributed by atoms with Gasteiger partial charge in [0, 0.05) is 19.8 Å². The Hall–Kier alpha value is -0.720. The van der Waals surface area contributed by atoms with Crippen LogP contribution in [0.2, 0.25) is 0 Å². The molecule has 0 saturated heterocycles. The van der Waals surface area contributed by atoms with Gasteiger partial charge in [-0.15, -0.1) is 0 Å². The van der Waals surface area contributed by atoms with Gasteiger partial charge in [-0.1, -0.05) is 32.9 Å². The zero-order valence-corrected chi connectivity index (χ0v) is 10.4. The van der Waals surface area contributed by atoms with Gasteiger partial charge in [0.1, 0.15) is 0 Å². The molecular weight excluding hydrogens is 170 g/mol. The minimum atomic E-state index is 0.332. The van der Waals surface area contributed by atoms with Crippen molar-refractivity contribution in [2.45, 2.75) is 34.1 Å². The van der Waals surface area contributed by atoms with E-state index in [9.17, 15) is 0 Å². The Morgan fingerprint density at radius 1 is 1.36 bits per heavy atom. The standard InChI is InChI=1S/C13H23N/c1-10(2)13(4)8-7-11(3)12(9-13)14(5)6/h7-8,10H,9H2,1-6H3. The van der Waals surface area contributed by atoms with Crippen molar-refractivity contribution < 1.29 is 0 Å². The van der Waals surface area contributed by atoms with E-state index in [0.717, 1.165) is 0 Å². The van der Waals surface area contributed by atoms with E-state index >= 15 is 0 Å². The highest BCUT2D eigenvalue weighted by atomic mass is 15.1. The van der Waals surface area contributed by atoms with Crippen molar-refractivity contribution in [1.82, 2.24) is 4.90 Å². The molecule has 0 bridgehead atoms. The van der Waals surface area contributed by atoms with E-state index in [0.29, 0.717) is 11.3 Å². The first-order chi connectivity index (χ1) is 6.37. The average molecular weight is 193 g/mol. The fraction of sp³-hybridized carbons (Fsp3) is 0.692. The van der Waals surface area contributed by atoms with Gasteiger partial charge in [-0.3, -0.25) is 0 Å². The van der Waals surface area contributed by atoms with Gasteiger partial charge in [0.15, 0.2) is 0 Å². The number of hydrogen-bond donors (Lipinski definition) is 0. The van der Waals surface area contributed by atoms with Gasteiger partial charge in [0.25, 0.3) is 0 Å². The number of hydrogen-bond acceptors (Lipinski definition) is 1. The van der Waals surface area contributed by atoms with Crippen LogP contribution in [-0.2, 0) is 0 Å². The fourth-order valence-corrected chi connectivity index (χ4v) is 1.88. The summed E-state index contributed by atoms with van der Waals surface area (Å²) in [5.74, 6) is 0.696. The van der Waals surface area contributed by atoms with Crippen LogP contribution in [0.15, 0.2) is 23.4 Å². The first-order valence-electron chi connectivity index (χ1n) is 5.43. The van der Waals surface area contributed by atoms with Crippen molar-refractivity contribution in [2.75, 3.05) is 14.1 Å². The second-order valence-electron chi connectivity index (χ2n) is 5.19. The number of rotatable bonds is 2. The molecule has 0 radical (unpaired) electrons. The van der Waals surface area contributed by atoms with E-state index in [1.807, 2.05) is 0 Å². The largest absolute Gasteiger partial charge is 0.381 e. The quantitative estimate of drug-likeness (QED) is 0.649. The third-order valence-electron chi connectivity index (χ3n) is 3.58. The molecule has 0 heterocycles. The highest BCUT2D eigenvalue weighted by molar-refractivity contribution is 5.30. The summed E-state index contributed by atoms with van der Waals surface area (Å²) in [6.45, 7) is 9.16. The summed E-state index contributed by atoms with van der Waals surface area (Å²) in [4.78, 5) is 2.25. The summed E-state index contributed by atoms with van der Waals surface area (Å²) in [6, 6.07) is 0. The molecule has 0 spiro atoms. The monoisotopic (exact) mass is 193 g/mol. The molecule has 0 aromatic carbocycles. The Morgan fingerprint density at radius 3 is 2.36 bits per heavy atom. The molecule has 1 unspecified atom stereocenters. The van der Waals surface area contributed by atoms with E-state index < -0.39 is 0 Å². The minimum Gasteiger partial charge on any atom is -0.381 e. The van der Waals surface area contributed by atoms with E-state index in [-0.39, 0.29) is 0 Å². The third-order valence-corrected chi connectivity index (χ3v) is 3.58. The van der Waals surface area contributed by atoms with Crippen LogP contribution in [0.4, 0.5) is 0 Å². The topological polar surface area (TPSA) is 3.24 Å². The van der Waals surface area contributed by atoms with Gasteiger partial charge < -0.3 is 4.90 Å². The molecule has 1 aliphatic carbocycles. The van der Waals surface area contributed by atoms with Crippen molar-refractivity contribution in [1.29, 1.82) is 0 Å². The molecule has 1 rings (SSSR count). The zero-order valence-electron chi connectivity index (χ0n) is 10.4. The maximum atomic E-state index is 2.38. The van der Waals surface area contributed by atoms with Crippen LogP contribution in [-0.4, -0.2) is 19.0 Å². The number of nitrogens with zero attached hydrogens (tertiary/aromatic N) is 1. The molecule has 1 nitrogen and oxygen atoms in total. The smallest absolute Gasteiger partial charge is 0.0166 e. The van der Waals surface area contributed by atoms with Crippen molar-refractivity contribution in [2.24, 2.45) is 11.3 Å². The molecule has 0 aliphatic heterocycles. The van der Waals surface area contributed by atoms with Crippen LogP contribution in [0.25, 0.3) is 0 Å². The summed E-state index contributed by atoms with van der Waals surface area (Å²) in [7, 11) is 4.28. The van der Waals surface area contributed by atoms with Gasteiger partial charge in [0.05, 0.1) is 0 Å². The Labute approximate surface area is 88.5 Å². The molecule has 1 aliphatic rings. The lowest BCUT2D eigenvalue weighted by atomic mass is 9.72. The van der Waals surface area contributed by atoms with Crippen molar-refractivity contribution >= 4 is 0 Å². The van der Waals surface area contributed by atoms with Gasteiger partial charge in [-0.25, -0.2) is 0 Å². The second kappa shape index (κ2) is 3.80. The second-order valence-corrected chi connectivity index (χ2v) is 5.19. The van der Waals surface area contributed by atoms with E-state index in [1.54, 1.807) is 0 Å². The highest BCUT2D eigenvalue weighted by Gasteiger charge is 2.30. The molecule has 14 heavy (non-hydrogen) atoms. The van der Waals surface area contributed by atoms with Crippen LogP contribution in [0.5, 0.6) is 0 Å². The normalized spacial score (nSPS) is 27.4. The van der Waals surface area contributed by atoms with Crippen LogP contribution in [0, 0.1) is 11.3 Å². The Bertz CT molecular complexity index is 271. The Morgan fingerprint density at radius 2 is 1.93 bits per heavy atom. The number of allylic oxidation sites excluding steroid dienone is 4. The minimum absolute atomic E-state index is 0.332. The van der Waals surface area contributed by atoms with Gasteiger partial charge >= 0.3 is 0 Å². The lowest BCUT2D eigenvalue weighted by molar-refractivity contribution is 0.265. The molecule has 0 saturated carbocycles. The average Bonchev–Trinajstić information content (AvgIpc) is 2.09. The van der Waals surface area contributed by atoms with E-state index in [4.69, 9.17) is 0 Å². The molecule has 0 fully saturated rings. The molecule has 0 aromatic rings. The lowest BCUT2D eigenvalue weighted by Gasteiger charge is -2.37. The van der Waals surface area contributed by atoms with Crippen LogP contribution >= 0.6 is 0 Å². The van der Waals surface area contributed by atoms with Gasteiger partial charge in [-0.05, 0) is 30.3 Å². The summed E-state index contributed by atoms with van der Waals surface area (Å²) in [5, 5.41) is 0. The molecular formula is C13H23N.